The summed E-state index contributed by atoms with van der Waals surface area (Å²) in [6.45, 7) is 0. The Morgan fingerprint density at radius 3 is 2.35 bits per heavy atom. The zero-order valence-corrected chi connectivity index (χ0v) is 12.6. The van der Waals surface area contributed by atoms with E-state index in [1.165, 1.54) is 20.3 Å². The summed E-state index contributed by atoms with van der Waals surface area (Å²) in [5.41, 5.74) is 7.22. The van der Waals surface area contributed by atoms with Crippen molar-refractivity contribution in [3.63, 3.8) is 0 Å². The van der Waals surface area contributed by atoms with Gasteiger partial charge in [0.25, 0.3) is 0 Å². The maximum absolute atomic E-state index is 13.7. The molecule has 0 spiro atoms. The Bertz CT molecular complexity index is 635. The number of ether oxygens (including phenoxy) is 2. The van der Waals surface area contributed by atoms with Crippen molar-refractivity contribution in [2.75, 3.05) is 25.3 Å². The summed E-state index contributed by atoms with van der Waals surface area (Å²) in [7, 11) is 3.05. The molecule has 3 N–H and O–H groups in total. The number of hydrogen-bond acceptors (Lipinski definition) is 4. The molecule has 0 saturated carbocycles. The van der Waals surface area contributed by atoms with Crippen molar-refractivity contribution in [3.05, 3.63) is 40.6 Å². The molecule has 0 amide bonds. The van der Waals surface area contributed by atoms with Gasteiger partial charge in [-0.15, -0.1) is 0 Å². The first kappa shape index (κ1) is 14.5. The summed E-state index contributed by atoms with van der Waals surface area (Å²) >= 11 is 3.30. The lowest BCUT2D eigenvalue weighted by Gasteiger charge is -2.14. The first-order valence-corrected chi connectivity index (χ1v) is 6.58. The molecule has 6 heteroatoms. The van der Waals surface area contributed by atoms with Gasteiger partial charge in [0.05, 0.1) is 31.3 Å². The van der Waals surface area contributed by atoms with Gasteiger partial charge in [-0.1, -0.05) is 15.9 Å². The summed E-state index contributed by atoms with van der Waals surface area (Å²) in [6, 6.07) is 7.90. The number of benzene rings is 2. The van der Waals surface area contributed by atoms with E-state index >= 15 is 0 Å². The highest BCUT2D eigenvalue weighted by Gasteiger charge is 2.11. The fourth-order valence-corrected chi connectivity index (χ4v) is 2.10. The van der Waals surface area contributed by atoms with Crippen molar-refractivity contribution in [1.82, 2.24) is 0 Å². The second-order valence-electron chi connectivity index (χ2n) is 4.04. The average molecular weight is 341 g/mol. The zero-order chi connectivity index (χ0) is 14.7. The van der Waals surface area contributed by atoms with Gasteiger partial charge >= 0.3 is 0 Å². The summed E-state index contributed by atoms with van der Waals surface area (Å²) in [5.74, 6) is 0.659. The summed E-state index contributed by atoms with van der Waals surface area (Å²) in [4.78, 5) is 0. The van der Waals surface area contributed by atoms with Gasteiger partial charge in [0, 0.05) is 16.6 Å². The van der Waals surface area contributed by atoms with Gasteiger partial charge in [-0.3, -0.25) is 0 Å². The van der Waals surface area contributed by atoms with Crippen LogP contribution in [-0.2, 0) is 0 Å². The van der Waals surface area contributed by atoms with Crippen molar-refractivity contribution >= 4 is 33.0 Å². The highest BCUT2D eigenvalue weighted by Crippen LogP contribution is 2.36. The Hall–Kier alpha value is -1.95. The van der Waals surface area contributed by atoms with E-state index in [4.69, 9.17) is 15.2 Å². The van der Waals surface area contributed by atoms with E-state index in [1.54, 1.807) is 24.3 Å². The molecule has 2 rings (SSSR count). The Morgan fingerprint density at radius 1 is 1.05 bits per heavy atom. The van der Waals surface area contributed by atoms with Crippen LogP contribution in [0.2, 0.25) is 0 Å². The summed E-state index contributed by atoms with van der Waals surface area (Å²) in [5, 5.41) is 2.94. The third-order valence-corrected chi connectivity index (χ3v) is 3.25. The standard InChI is InChI=1S/C14H14BrFN2O2/c1-19-13-6-10(17)12(7-14(13)20-2)18-11-5-8(15)3-4-9(11)16/h3-7,18H,17H2,1-2H3. The van der Waals surface area contributed by atoms with E-state index in [1.807, 2.05) is 0 Å². The fourth-order valence-electron chi connectivity index (χ4n) is 1.74. The number of nitrogen functional groups attached to an aromatic ring is 1. The van der Waals surface area contributed by atoms with Crippen LogP contribution in [0.3, 0.4) is 0 Å². The quantitative estimate of drug-likeness (QED) is 0.828. The molecule has 4 nitrogen and oxygen atoms in total. The molecular weight excluding hydrogens is 327 g/mol. The van der Waals surface area contributed by atoms with Crippen molar-refractivity contribution in [2.24, 2.45) is 0 Å². The van der Waals surface area contributed by atoms with E-state index in [0.29, 0.717) is 28.6 Å². The minimum Gasteiger partial charge on any atom is -0.493 e. The van der Waals surface area contributed by atoms with Crippen molar-refractivity contribution in [3.8, 4) is 11.5 Å². The highest BCUT2D eigenvalue weighted by molar-refractivity contribution is 9.10. The Morgan fingerprint density at radius 2 is 1.70 bits per heavy atom. The predicted molar refractivity (Wildman–Crippen MR) is 81.3 cm³/mol. The third-order valence-electron chi connectivity index (χ3n) is 2.75. The minimum absolute atomic E-state index is 0.318. The van der Waals surface area contributed by atoms with Gasteiger partial charge in [0.1, 0.15) is 5.82 Å². The van der Waals surface area contributed by atoms with Crippen LogP contribution in [0.15, 0.2) is 34.8 Å². The molecule has 0 bridgehead atoms. The topological polar surface area (TPSA) is 56.5 Å². The number of anilines is 3. The number of hydrogen-bond donors (Lipinski definition) is 2. The van der Waals surface area contributed by atoms with Crippen LogP contribution in [0.5, 0.6) is 11.5 Å². The second-order valence-corrected chi connectivity index (χ2v) is 4.96. The first-order valence-electron chi connectivity index (χ1n) is 5.78. The predicted octanol–water partition coefficient (Wildman–Crippen LogP) is 3.93. The lowest BCUT2D eigenvalue weighted by Crippen LogP contribution is -2.00. The van der Waals surface area contributed by atoms with Crippen LogP contribution in [-0.4, -0.2) is 14.2 Å². The molecule has 0 aliphatic carbocycles. The fraction of sp³-hybridized carbons (Fsp3) is 0.143. The van der Waals surface area contributed by atoms with Gasteiger partial charge in [0.2, 0.25) is 0 Å². The zero-order valence-electron chi connectivity index (χ0n) is 11.0. The van der Waals surface area contributed by atoms with E-state index in [-0.39, 0.29) is 5.82 Å². The Labute approximate surface area is 124 Å². The largest absolute Gasteiger partial charge is 0.493 e. The van der Waals surface area contributed by atoms with Crippen LogP contribution in [0.1, 0.15) is 0 Å². The first-order chi connectivity index (χ1) is 9.55. The number of nitrogens with one attached hydrogen (secondary N) is 1. The molecule has 0 atom stereocenters. The monoisotopic (exact) mass is 340 g/mol. The van der Waals surface area contributed by atoms with Gasteiger partial charge in [-0.05, 0) is 18.2 Å². The molecule has 20 heavy (non-hydrogen) atoms. The maximum Gasteiger partial charge on any atom is 0.162 e. The molecule has 0 aromatic heterocycles. The minimum atomic E-state index is -0.373. The van der Waals surface area contributed by atoms with Crippen LogP contribution in [0, 0.1) is 5.82 Å². The summed E-state index contributed by atoms with van der Waals surface area (Å²) in [6.07, 6.45) is 0. The normalized spacial score (nSPS) is 10.2. The molecule has 0 heterocycles. The Balaban J connectivity index is 2.40. The smallest absolute Gasteiger partial charge is 0.162 e. The molecule has 106 valence electrons. The van der Waals surface area contributed by atoms with Gasteiger partial charge in [0.15, 0.2) is 11.5 Å². The van der Waals surface area contributed by atoms with E-state index < -0.39 is 0 Å². The van der Waals surface area contributed by atoms with Gasteiger partial charge < -0.3 is 20.5 Å². The highest BCUT2D eigenvalue weighted by atomic mass is 79.9. The number of rotatable bonds is 4. The van der Waals surface area contributed by atoms with E-state index in [0.717, 1.165) is 4.47 Å². The van der Waals surface area contributed by atoms with Gasteiger partial charge in [-0.2, -0.15) is 0 Å². The van der Waals surface area contributed by atoms with E-state index in [2.05, 4.69) is 21.2 Å². The average Bonchev–Trinajstić information content (AvgIpc) is 2.44. The molecule has 0 aliphatic rings. The maximum atomic E-state index is 13.7. The van der Waals surface area contributed by atoms with Crippen LogP contribution in [0.4, 0.5) is 21.5 Å². The number of halogens is 2. The van der Waals surface area contributed by atoms with Crippen LogP contribution in [0.25, 0.3) is 0 Å². The molecule has 0 fully saturated rings. The molecule has 2 aromatic rings. The molecule has 0 aliphatic heterocycles. The Kier molecular flexibility index (Phi) is 4.34. The van der Waals surface area contributed by atoms with E-state index in [9.17, 15) is 4.39 Å². The SMILES string of the molecule is COc1cc(N)c(Nc2cc(Br)ccc2F)cc1OC. The molecule has 0 radical (unpaired) electrons. The number of nitrogens with two attached hydrogens (primary N) is 1. The van der Waals surface area contributed by atoms with Crippen LogP contribution < -0.4 is 20.5 Å². The molecule has 0 saturated heterocycles. The van der Waals surface area contributed by atoms with Crippen LogP contribution >= 0.6 is 15.9 Å². The van der Waals surface area contributed by atoms with Crippen molar-refractivity contribution in [2.45, 2.75) is 0 Å². The lowest BCUT2D eigenvalue weighted by molar-refractivity contribution is 0.355. The van der Waals surface area contributed by atoms with Gasteiger partial charge in [-0.25, -0.2) is 4.39 Å². The third kappa shape index (κ3) is 2.96. The van der Waals surface area contributed by atoms with Crippen molar-refractivity contribution < 1.29 is 13.9 Å². The second kappa shape index (κ2) is 6.00. The molecule has 0 unspecified atom stereocenters. The number of methoxy groups -OCH3 is 2. The lowest BCUT2D eigenvalue weighted by atomic mass is 10.2. The van der Waals surface area contributed by atoms with Crippen molar-refractivity contribution in [1.29, 1.82) is 0 Å². The molecule has 2 aromatic carbocycles. The molecular formula is C14H14BrFN2O2. The summed E-state index contributed by atoms with van der Waals surface area (Å²) < 4.78 is 24.8.